The molecule has 1 heterocycles. The third-order valence-corrected chi connectivity index (χ3v) is 4.11. The van der Waals surface area contributed by atoms with Crippen LogP contribution in [-0.2, 0) is 10.8 Å². The Hall–Kier alpha value is -2.40. The number of anilines is 2. The molecule has 0 radical (unpaired) electrons. The summed E-state index contributed by atoms with van der Waals surface area (Å²) in [4.78, 5) is 5.09. The number of nitrogens with one attached hydrogen (secondary N) is 1. The van der Waals surface area contributed by atoms with E-state index < -0.39 is 10.8 Å². The van der Waals surface area contributed by atoms with Gasteiger partial charge in [0.2, 0.25) is 0 Å². The van der Waals surface area contributed by atoms with Gasteiger partial charge in [-0.1, -0.05) is 0 Å². The summed E-state index contributed by atoms with van der Waals surface area (Å²) in [5.74, 6) is 0.226. The van der Waals surface area contributed by atoms with Crippen molar-refractivity contribution >= 4 is 33.1 Å². The number of rotatable bonds is 3. The van der Waals surface area contributed by atoms with E-state index in [0.29, 0.717) is 0 Å². The predicted octanol–water partition coefficient (Wildman–Crippen LogP) is 3.42. The molecular weight excluding hydrogens is 284 g/mol. The van der Waals surface area contributed by atoms with E-state index >= 15 is 0 Å². The minimum atomic E-state index is -1.03. The van der Waals surface area contributed by atoms with Crippen LogP contribution in [0.3, 0.4) is 0 Å². The Bertz CT molecular complexity index is 816. The summed E-state index contributed by atoms with van der Waals surface area (Å²) in [5, 5.41) is 13.5. The second-order valence-corrected chi connectivity index (χ2v) is 6.04. The van der Waals surface area contributed by atoms with Gasteiger partial charge >= 0.3 is 0 Å². The molecule has 21 heavy (non-hydrogen) atoms. The van der Waals surface area contributed by atoms with Gasteiger partial charge in [-0.05, 0) is 48.5 Å². The largest absolute Gasteiger partial charge is 0.508 e. The summed E-state index contributed by atoms with van der Waals surface area (Å²) >= 11 is 0. The lowest BCUT2D eigenvalue weighted by Gasteiger charge is -2.10. The van der Waals surface area contributed by atoms with Crippen LogP contribution < -0.4 is 5.32 Å². The molecule has 0 fully saturated rings. The van der Waals surface area contributed by atoms with Crippen LogP contribution >= 0.6 is 0 Å². The first kappa shape index (κ1) is 13.6. The van der Waals surface area contributed by atoms with Gasteiger partial charge in [-0.15, -0.1) is 0 Å². The maximum absolute atomic E-state index is 11.6. The number of phenolic OH excluding ortho intramolecular Hbond substituents is 1. The molecule has 2 N–H and O–H groups in total. The normalized spacial score (nSPS) is 12.2. The molecule has 0 aliphatic heterocycles. The lowest BCUT2D eigenvalue weighted by Crippen LogP contribution is -1.94. The standard InChI is InChI=1S/C16H14N2O2S/c1-21(20)13-6-7-15-14(10-13)16(8-9-17-15)18-11-2-4-12(19)5-3-11/h2-10,19H,1H3,(H,17,18). The number of nitrogens with zero attached hydrogens (tertiary/aromatic N) is 1. The highest BCUT2D eigenvalue weighted by Gasteiger charge is 2.06. The second-order valence-electron chi connectivity index (χ2n) is 4.66. The van der Waals surface area contributed by atoms with Crippen molar-refractivity contribution in [2.45, 2.75) is 4.90 Å². The van der Waals surface area contributed by atoms with Crippen LogP contribution in [0, 0.1) is 0 Å². The van der Waals surface area contributed by atoms with E-state index in [4.69, 9.17) is 0 Å². The maximum Gasteiger partial charge on any atom is 0.115 e. The Balaban J connectivity index is 2.06. The highest BCUT2D eigenvalue weighted by Crippen LogP contribution is 2.27. The van der Waals surface area contributed by atoms with E-state index in [0.717, 1.165) is 27.2 Å². The first-order valence-electron chi connectivity index (χ1n) is 6.42. The molecule has 0 saturated heterocycles. The fraction of sp³-hybridized carbons (Fsp3) is 0.0625. The second kappa shape index (κ2) is 5.54. The number of fused-ring (bicyclic) bond motifs is 1. The fourth-order valence-electron chi connectivity index (χ4n) is 2.11. The number of phenols is 1. The highest BCUT2D eigenvalue weighted by atomic mass is 32.2. The molecule has 4 nitrogen and oxygen atoms in total. The van der Waals surface area contributed by atoms with Crippen molar-refractivity contribution in [3.8, 4) is 5.75 Å². The molecule has 0 spiro atoms. The molecule has 5 heteroatoms. The summed E-state index contributed by atoms with van der Waals surface area (Å²) in [6.45, 7) is 0. The molecule has 0 aliphatic carbocycles. The summed E-state index contributed by atoms with van der Waals surface area (Å²) < 4.78 is 11.6. The Morgan fingerprint density at radius 3 is 2.57 bits per heavy atom. The van der Waals surface area contributed by atoms with Gasteiger partial charge in [0.05, 0.1) is 5.52 Å². The Labute approximate surface area is 124 Å². The van der Waals surface area contributed by atoms with Gasteiger partial charge in [0.1, 0.15) is 5.75 Å². The summed E-state index contributed by atoms with van der Waals surface area (Å²) in [7, 11) is -1.03. The Kier molecular flexibility index (Phi) is 3.58. The number of aromatic hydroxyl groups is 1. The van der Waals surface area contributed by atoms with Crippen molar-refractivity contribution in [1.29, 1.82) is 0 Å². The van der Waals surface area contributed by atoms with Crippen molar-refractivity contribution in [3.63, 3.8) is 0 Å². The number of benzene rings is 2. The molecule has 1 atom stereocenters. The van der Waals surface area contributed by atoms with E-state index in [1.54, 1.807) is 36.7 Å². The smallest absolute Gasteiger partial charge is 0.115 e. The quantitative estimate of drug-likeness (QED) is 0.727. The molecule has 0 bridgehead atoms. The SMILES string of the molecule is CS(=O)c1ccc2nccc(Nc3ccc(O)cc3)c2c1. The predicted molar refractivity (Wildman–Crippen MR) is 85.5 cm³/mol. The van der Waals surface area contributed by atoms with Gasteiger partial charge in [0.25, 0.3) is 0 Å². The summed E-state index contributed by atoms with van der Waals surface area (Å²) in [5.41, 5.74) is 2.59. The van der Waals surface area contributed by atoms with Crippen molar-refractivity contribution in [2.24, 2.45) is 0 Å². The molecule has 3 rings (SSSR count). The topological polar surface area (TPSA) is 62.2 Å². The highest BCUT2D eigenvalue weighted by molar-refractivity contribution is 7.84. The molecule has 0 saturated carbocycles. The van der Waals surface area contributed by atoms with Crippen LogP contribution in [0.1, 0.15) is 0 Å². The van der Waals surface area contributed by atoms with Crippen molar-refractivity contribution in [2.75, 3.05) is 11.6 Å². The first-order valence-corrected chi connectivity index (χ1v) is 7.97. The zero-order valence-corrected chi connectivity index (χ0v) is 12.2. The summed E-state index contributed by atoms with van der Waals surface area (Å²) in [6.07, 6.45) is 3.39. The molecule has 106 valence electrons. The average molecular weight is 298 g/mol. The monoisotopic (exact) mass is 298 g/mol. The van der Waals surface area contributed by atoms with Gasteiger partial charge < -0.3 is 10.4 Å². The van der Waals surface area contributed by atoms with E-state index in [-0.39, 0.29) is 5.75 Å². The van der Waals surface area contributed by atoms with Crippen LogP contribution in [0.15, 0.2) is 59.6 Å². The molecule has 1 aromatic heterocycles. The van der Waals surface area contributed by atoms with Gasteiger partial charge in [-0.25, -0.2) is 0 Å². The van der Waals surface area contributed by atoms with Gasteiger partial charge in [-0.2, -0.15) is 0 Å². The van der Waals surface area contributed by atoms with Crippen molar-refractivity contribution in [3.05, 3.63) is 54.7 Å². The minimum absolute atomic E-state index is 0.226. The van der Waals surface area contributed by atoms with Gasteiger partial charge in [0, 0.05) is 44.9 Å². The number of hydrogen-bond acceptors (Lipinski definition) is 4. The van der Waals surface area contributed by atoms with Crippen molar-refractivity contribution in [1.82, 2.24) is 4.98 Å². The van der Waals surface area contributed by atoms with E-state index in [1.165, 1.54) is 0 Å². The lowest BCUT2D eigenvalue weighted by atomic mass is 10.2. The Morgan fingerprint density at radius 1 is 1.10 bits per heavy atom. The molecule has 3 aromatic rings. The van der Waals surface area contributed by atoms with Gasteiger partial charge in [0.15, 0.2) is 0 Å². The molecule has 0 aliphatic rings. The minimum Gasteiger partial charge on any atom is -0.508 e. The van der Waals surface area contributed by atoms with E-state index in [9.17, 15) is 9.32 Å². The van der Waals surface area contributed by atoms with Gasteiger partial charge in [-0.3, -0.25) is 9.19 Å². The molecular formula is C16H14N2O2S. The van der Waals surface area contributed by atoms with E-state index in [2.05, 4.69) is 10.3 Å². The summed E-state index contributed by atoms with van der Waals surface area (Å²) in [6, 6.07) is 14.3. The van der Waals surface area contributed by atoms with Crippen LogP contribution in [0.4, 0.5) is 11.4 Å². The van der Waals surface area contributed by atoms with Crippen LogP contribution in [-0.4, -0.2) is 20.6 Å². The molecule has 2 aromatic carbocycles. The average Bonchev–Trinajstić information content (AvgIpc) is 2.49. The third kappa shape index (κ3) is 2.87. The number of hydrogen-bond donors (Lipinski definition) is 2. The number of pyridine rings is 1. The van der Waals surface area contributed by atoms with Crippen LogP contribution in [0.25, 0.3) is 10.9 Å². The Morgan fingerprint density at radius 2 is 1.86 bits per heavy atom. The number of aromatic nitrogens is 1. The molecule has 1 unspecified atom stereocenters. The van der Waals surface area contributed by atoms with Crippen LogP contribution in [0.2, 0.25) is 0 Å². The van der Waals surface area contributed by atoms with Crippen LogP contribution in [0.5, 0.6) is 5.75 Å². The zero-order chi connectivity index (χ0) is 14.8. The first-order chi connectivity index (χ1) is 10.1. The maximum atomic E-state index is 11.6. The fourth-order valence-corrected chi connectivity index (χ4v) is 2.66. The van der Waals surface area contributed by atoms with Crippen molar-refractivity contribution < 1.29 is 9.32 Å². The lowest BCUT2D eigenvalue weighted by molar-refractivity contribution is 0.475. The molecule has 0 amide bonds. The zero-order valence-electron chi connectivity index (χ0n) is 11.4. The van der Waals surface area contributed by atoms with E-state index in [1.807, 2.05) is 24.3 Å². The third-order valence-electron chi connectivity index (χ3n) is 3.19.